The van der Waals surface area contributed by atoms with Gasteiger partial charge in [0.15, 0.2) is 16.6 Å². The van der Waals surface area contributed by atoms with Crippen molar-refractivity contribution in [2.24, 2.45) is 4.66 Å². The Morgan fingerprint density at radius 2 is 1.67 bits per heavy atom. The molecular formula is C19H33NO2Si2. The normalized spacial score (nSPS) is 22.6. The second kappa shape index (κ2) is 6.86. The Labute approximate surface area is 149 Å². The zero-order chi connectivity index (χ0) is 18.2. The van der Waals surface area contributed by atoms with Gasteiger partial charge in [0.1, 0.15) is 12.2 Å². The smallest absolute Gasteiger partial charge is 0.192 e. The van der Waals surface area contributed by atoms with Gasteiger partial charge >= 0.3 is 0 Å². The Bertz CT molecular complexity index is 586. The van der Waals surface area contributed by atoms with Crippen molar-refractivity contribution in [1.82, 2.24) is 0 Å². The van der Waals surface area contributed by atoms with E-state index in [1.165, 1.54) is 5.56 Å². The molecule has 1 heterocycles. The van der Waals surface area contributed by atoms with Gasteiger partial charge in [-0.05, 0) is 43.3 Å². The molecule has 5 heteroatoms. The highest BCUT2D eigenvalue weighted by molar-refractivity contribution is 6.75. The maximum Gasteiger partial charge on any atom is 0.192 e. The highest BCUT2D eigenvalue weighted by Gasteiger charge is 2.46. The van der Waals surface area contributed by atoms with Gasteiger partial charge in [-0.2, -0.15) is 0 Å². The zero-order valence-corrected chi connectivity index (χ0v) is 18.5. The quantitative estimate of drug-likeness (QED) is 0.400. The molecule has 0 saturated carbocycles. The predicted octanol–water partition coefficient (Wildman–Crippen LogP) is 5.10. The van der Waals surface area contributed by atoms with Crippen LogP contribution in [0.4, 0.5) is 0 Å². The molecule has 3 nitrogen and oxygen atoms in total. The molecule has 134 valence electrons. The summed E-state index contributed by atoms with van der Waals surface area (Å²) in [6.07, 6.45) is 0.235. The molecule has 0 N–H and O–H groups in total. The molecule has 1 fully saturated rings. The van der Waals surface area contributed by atoms with Crippen LogP contribution in [0.2, 0.25) is 37.8 Å². The molecule has 0 bridgehead atoms. The third-order valence-electron chi connectivity index (χ3n) is 4.79. The Hall–Kier alpha value is -0.756. The van der Waals surface area contributed by atoms with Crippen molar-refractivity contribution in [3.05, 3.63) is 35.9 Å². The zero-order valence-electron chi connectivity index (χ0n) is 16.5. The van der Waals surface area contributed by atoms with Crippen molar-refractivity contribution >= 4 is 22.3 Å². The Balaban J connectivity index is 2.09. The van der Waals surface area contributed by atoms with E-state index >= 15 is 0 Å². The number of hydrogen-bond donors (Lipinski definition) is 0. The van der Waals surface area contributed by atoms with Gasteiger partial charge in [-0.15, -0.1) is 0 Å². The maximum atomic E-state index is 6.33. The lowest BCUT2D eigenvalue weighted by atomic mass is 10.1. The molecule has 0 spiro atoms. The first-order valence-corrected chi connectivity index (χ1v) is 15.2. The van der Waals surface area contributed by atoms with Crippen LogP contribution in [0.1, 0.15) is 26.3 Å². The molecule has 0 aromatic heterocycles. The molecule has 24 heavy (non-hydrogen) atoms. The summed E-state index contributed by atoms with van der Waals surface area (Å²) in [6.45, 7) is 18.9. The number of hydrogen-bond acceptors (Lipinski definition) is 3. The molecule has 0 unspecified atom stereocenters. The first-order chi connectivity index (χ1) is 10.9. The minimum absolute atomic E-state index is 0.0869. The molecule has 0 amide bonds. The van der Waals surface area contributed by atoms with Gasteiger partial charge in [0.05, 0.1) is 12.3 Å². The maximum absolute atomic E-state index is 6.33. The van der Waals surface area contributed by atoms with Crippen LogP contribution in [0.25, 0.3) is 0 Å². The fourth-order valence-electron chi connectivity index (χ4n) is 2.28. The Morgan fingerprint density at radius 1 is 1.08 bits per heavy atom. The van der Waals surface area contributed by atoms with Crippen molar-refractivity contribution < 1.29 is 9.16 Å². The van der Waals surface area contributed by atoms with Gasteiger partial charge < -0.3 is 13.8 Å². The molecule has 1 aromatic rings. The van der Waals surface area contributed by atoms with E-state index in [2.05, 4.69) is 77.8 Å². The van der Waals surface area contributed by atoms with Gasteiger partial charge in [0.25, 0.3) is 0 Å². The molecule has 2 rings (SSSR count). The SMILES string of the molecule is CC(C)(C)[Si](C)(C)OC[C@@H]1O[C@H]1/C(=N/[Si](C)(C)C)c1ccccc1. The summed E-state index contributed by atoms with van der Waals surface area (Å²) in [5, 5.41) is 0.228. The van der Waals surface area contributed by atoms with Crippen LogP contribution in [-0.2, 0) is 9.16 Å². The topological polar surface area (TPSA) is 34.1 Å². The Kier molecular flexibility index (Phi) is 5.60. The summed E-state index contributed by atoms with van der Waals surface area (Å²) in [7, 11) is -3.30. The summed E-state index contributed by atoms with van der Waals surface area (Å²) in [5.74, 6) is 0. The van der Waals surface area contributed by atoms with Crippen LogP contribution in [0.3, 0.4) is 0 Å². The number of ether oxygens (including phenoxy) is 1. The highest BCUT2D eigenvalue weighted by Crippen LogP contribution is 2.38. The van der Waals surface area contributed by atoms with Crippen molar-refractivity contribution in [2.45, 2.75) is 70.8 Å². The molecule has 1 aromatic carbocycles. The summed E-state index contributed by atoms with van der Waals surface area (Å²) < 4.78 is 17.4. The molecule has 0 radical (unpaired) electrons. The largest absolute Gasteiger partial charge is 0.414 e. The van der Waals surface area contributed by atoms with Gasteiger partial charge in [-0.1, -0.05) is 51.1 Å². The second-order valence-corrected chi connectivity index (χ2v) is 18.6. The summed E-state index contributed by atoms with van der Waals surface area (Å²) in [5.41, 5.74) is 2.29. The van der Waals surface area contributed by atoms with Gasteiger partial charge in [-0.25, -0.2) is 0 Å². The number of rotatable bonds is 6. The van der Waals surface area contributed by atoms with Crippen LogP contribution in [0, 0.1) is 0 Å². The highest BCUT2D eigenvalue weighted by atomic mass is 28.4. The van der Waals surface area contributed by atoms with Crippen LogP contribution in [0.15, 0.2) is 35.0 Å². The molecular weight excluding hydrogens is 330 g/mol. The first-order valence-electron chi connectivity index (χ1n) is 8.85. The van der Waals surface area contributed by atoms with Gasteiger partial charge in [0.2, 0.25) is 0 Å². The van der Waals surface area contributed by atoms with E-state index in [1.807, 2.05) is 6.07 Å². The molecule has 1 aliphatic rings. The lowest BCUT2D eigenvalue weighted by Gasteiger charge is -2.36. The minimum Gasteiger partial charge on any atom is -0.414 e. The fraction of sp³-hybridized carbons (Fsp3) is 0.632. The van der Waals surface area contributed by atoms with Crippen LogP contribution in [0.5, 0.6) is 0 Å². The number of benzene rings is 1. The van der Waals surface area contributed by atoms with Crippen LogP contribution in [-0.4, -0.2) is 41.1 Å². The molecule has 1 saturated heterocycles. The third-order valence-corrected chi connectivity index (χ3v) is 10.2. The summed E-state index contributed by atoms with van der Waals surface area (Å²) >= 11 is 0. The van der Waals surface area contributed by atoms with Crippen molar-refractivity contribution in [3.63, 3.8) is 0 Å². The molecule has 1 aliphatic heterocycles. The van der Waals surface area contributed by atoms with Crippen LogP contribution >= 0.6 is 0 Å². The van der Waals surface area contributed by atoms with Crippen molar-refractivity contribution in [2.75, 3.05) is 6.61 Å². The first kappa shape index (κ1) is 19.6. The van der Waals surface area contributed by atoms with Gasteiger partial charge in [0, 0.05) is 0 Å². The third kappa shape index (κ3) is 5.12. The van der Waals surface area contributed by atoms with E-state index in [-0.39, 0.29) is 17.2 Å². The van der Waals surface area contributed by atoms with E-state index in [0.717, 1.165) is 5.71 Å². The van der Waals surface area contributed by atoms with Crippen LogP contribution < -0.4 is 0 Å². The summed E-state index contributed by atoms with van der Waals surface area (Å²) in [6, 6.07) is 10.4. The van der Waals surface area contributed by atoms with Crippen molar-refractivity contribution in [1.29, 1.82) is 0 Å². The minimum atomic E-state index is -1.73. The van der Waals surface area contributed by atoms with E-state index in [1.54, 1.807) is 0 Å². The second-order valence-electron chi connectivity index (χ2n) is 9.20. The van der Waals surface area contributed by atoms with E-state index in [4.69, 9.17) is 13.8 Å². The molecule has 0 aliphatic carbocycles. The van der Waals surface area contributed by atoms with E-state index in [0.29, 0.717) is 6.61 Å². The van der Waals surface area contributed by atoms with E-state index in [9.17, 15) is 0 Å². The molecule has 2 atom stereocenters. The van der Waals surface area contributed by atoms with Crippen molar-refractivity contribution in [3.8, 4) is 0 Å². The lowest BCUT2D eigenvalue weighted by molar-refractivity contribution is 0.243. The predicted molar refractivity (Wildman–Crippen MR) is 108 cm³/mol. The lowest BCUT2D eigenvalue weighted by Crippen LogP contribution is -2.42. The average Bonchev–Trinajstić information content (AvgIpc) is 3.21. The monoisotopic (exact) mass is 363 g/mol. The Morgan fingerprint density at radius 3 is 2.17 bits per heavy atom. The fourth-order valence-corrected chi connectivity index (χ4v) is 4.27. The standard InChI is InChI=1S/C19H33NO2Si2/c1-19(2,3)24(7,8)21-14-16-18(22-16)17(20-23(4,5)6)15-12-10-9-11-13-15/h9-13,16,18H,14H2,1-8H3/b20-17+/t16-,18+/m0/s1. The average molecular weight is 364 g/mol. The number of epoxide rings is 1. The summed E-state index contributed by atoms with van der Waals surface area (Å²) in [4.78, 5) is 0. The van der Waals surface area contributed by atoms with Gasteiger partial charge in [-0.3, -0.25) is 0 Å². The number of nitrogens with zero attached hydrogens (tertiary/aromatic N) is 1. The van der Waals surface area contributed by atoms with E-state index < -0.39 is 16.6 Å².